The van der Waals surface area contributed by atoms with E-state index in [4.69, 9.17) is 21.9 Å². The van der Waals surface area contributed by atoms with Gasteiger partial charge in [0.25, 0.3) is 0 Å². The van der Waals surface area contributed by atoms with Crippen molar-refractivity contribution in [2.75, 3.05) is 0 Å². The van der Waals surface area contributed by atoms with Crippen LogP contribution in [0, 0.1) is 0 Å². The lowest BCUT2D eigenvalue weighted by Crippen LogP contribution is -2.07. The summed E-state index contributed by atoms with van der Waals surface area (Å²) >= 11 is 6.09. The van der Waals surface area contributed by atoms with E-state index in [1.54, 1.807) is 6.07 Å². The lowest BCUT2D eigenvalue weighted by Gasteiger charge is -2.06. The Morgan fingerprint density at radius 1 is 1.40 bits per heavy atom. The van der Waals surface area contributed by atoms with Crippen LogP contribution >= 0.6 is 11.6 Å². The molecule has 0 aliphatic heterocycles. The zero-order valence-corrected chi connectivity index (χ0v) is 12.0. The van der Waals surface area contributed by atoms with Gasteiger partial charge < -0.3 is 10.3 Å². The van der Waals surface area contributed by atoms with E-state index >= 15 is 0 Å². The van der Waals surface area contributed by atoms with Crippen molar-refractivity contribution in [1.82, 2.24) is 10.1 Å². The first kappa shape index (κ1) is 13.5. The molecule has 2 N–H and O–H groups in total. The summed E-state index contributed by atoms with van der Waals surface area (Å²) in [4.78, 5) is 4.23. The Morgan fingerprint density at radius 3 is 2.70 bits per heavy atom. The molecule has 0 amide bonds. The monoisotopic (exact) mass is 313 g/mol. The third kappa shape index (κ3) is 2.32. The summed E-state index contributed by atoms with van der Waals surface area (Å²) in [5.74, 6) is 0.647. The van der Waals surface area contributed by atoms with Crippen molar-refractivity contribution < 1.29 is 12.9 Å². The summed E-state index contributed by atoms with van der Waals surface area (Å²) < 4.78 is 29.2. The quantitative estimate of drug-likeness (QED) is 0.923. The molecule has 0 radical (unpaired) electrons. The maximum atomic E-state index is 12.2. The molecule has 2 aromatic rings. The van der Waals surface area contributed by atoms with Crippen LogP contribution in [0.25, 0.3) is 11.4 Å². The highest BCUT2D eigenvalue weighted by Crippen LogP contribution is 2.37. The lowest BCUT2D eigenvalue weighted by atomic mass is 10.2. The van der Waals surface area contributed by atoms with Crippen LogP contribution in [0.5, 0.6) is 0 Å². The minimum absolute atomic E-state index is 0.148. The first-order valence-corrected chi connectivity index (χ1v) is 8.01. The van der Waals surface area contributed by atoms with Crippen molar-refractivity contribution in [3.8, 4) is 11.4 Å². The zero-order valence-electron chi connectivity index (χ0n) is 10.4. The molecule has 6 nitrogen and oxygen atoms in total. The molecule has 1 aromatic heterocycles. The fraction of sp³-hybridized carbons (Fsp3) is 0.333. The Kier molecular flexibility index (Phi) is 3.27. The normalized spacial score (nSPS) is 15.5. The fourth-order valence-corrected chi connectivity index (χ4v) is 4.09. The van der Waals surface area contributed by atoms with Crippen LogP contribution in [0.3, 0.4) is 0 Å². The van der Waals surface area contributed by atoms with Crippen LogP contribution in [-0.4, -0.2) is 23.8 Å². The second-order valence-corrected chi connectivity index (χ2v) is 7.21. The maximum absolute atomic E-state index is 12.2. The van der Waals surface area contributed by atoms with E-state index in [9.17, 15) is 8.42 Å². The molecule has 20 heavy (non-hydrogen) atoms. The predicted molar refractivity (Wildman–Crippen MR) is 72.8 cm³/mol. The van der Waals surface area contributed by atoms with Crippen molar-refractivity contribution in [2.24, 2.45) is 5.73 Å². The molecule has 1 heterocycles. The van der Waals surface area contributed by atoms with Crippen molar-refractivity contribution in [3.63, 3.8) is 0 Å². The first-order chi connectivity index (χ1) is 9.52. The van der Waals surface area contributed by atoms with Gasteiger partial charge in [-0.2, -0.15) is 4.98 Å². The third-order valence-corrected chi connectivity index (χ3v) is 5.85. The Hall–Kier alpha value is -1.44. The number of sulfone groups is 1. The van der Waals surface area contributed by atoms with Gasteiger partial charge in [0.15, 0.2) is 9.84 Å². The maximum Gasteiger partial charge on any atom is 0.240 e. The van der Waals surface area contributed by atoms with E-state index in [2.05, 4.69) is 10.1 Å². The van der Waals surface area contributed by atoms with E-state index in [0.717, 1.165) is 0 Å². The van der Waals surface area contributed by atoms with Crippen LogP contribution in [0.2, 0.25) is 5.02 Å². The minimum Gasteiger partial charge on any atom is -0.338 e. The predicted octanol–water partition coefficient (Wildman–Crippen LogP) is 1.78. The van der Waals surface area contributed by atoms with Crippen molar-refractivity contribution in [2.45, 2.75) is 29.5 Å². The van der Waals surface area contributed by atoms with Gasteiger partial charge in [-0.25, -0.2) is 8.42 Å². The number of nitrogens with two attached hydrogens (primary N) is 1. The van der Waals surface area contributed by atoms with Gasteiger partial charge in [-0.3, -0.25) is 0 Å². The van der Waals surface area contributed by atoms with Crippen LogP contribution in [0.4, 0.5) is 0 Å². The Balaban J connectivity index is 1.99. The van der Waals surface area contributed by atoms with Gasteiger partial charge in [-0.1, -0.05) is 16.8 Å². The number of hydrogen-bond donors (Lipinski definition) is 1. The number of nitrogens with zero attached hydrogens (tertiary/aromatic N) is 2. The highest BCUT2D eigenvalue weighted by atomic mass is 35.5. The first-order valence-electron chi connectivity index (χ1n) is 6.09. The number of rotatable bonds is 4. The van der Waals surface area contributed by atoms with Crippen molar-refractivity contribution >= 4 is 21.4 Å². The molecule has 0 spiro atoms. The molecular formula is C12H12ClN3O3S. The minimum atomic E-state index is -3.31. The highest BCUT2D eigenvalue weighted by Gasteiger charge is 2.38. The van der Waals surface area contributed by atoms with Crippen LogP contribution in [0.15, 0.2) is 27.6 Å². The van der Waals surface area contributed by atoms with E-state index in [-0.39, 0.29) is 21.7 Å². The molecule has 0 saturated heterocycles. The van der Waals surface area contributed by atoms with Gasteiger partial charge >= 0.3 is 0 Å². The Morgan fingerprint density at radius 2 is 2.15 bits per heavy atom. The molecule has 0 bridgehead atoms. The van der Waals surface area contributed by atoms with Gasteiger partial charge in [-0.05, 0) is 31.0 Å². The second kappa shape index (κ2) is 4.83. The zero-order chi connectivity index (χ0) is 14.3. The summed E-state index contributed by atoms with van der Waals surface area (Å²) in [6.45, 7) is 0.148. The average molecular weight is 314 g/mol. The van der Waals surface area contributed by atoms with E-state index in [1.165, 1.54) is 12.1 Å². The third-order valence-electron chi connectivity index (χ3n) is 3.10. The number of aromatic nitrogens is 2. The highest BCUT2D eigenvalue weighted by molar-refractivity contribution is 7.92. The molecule has 0 atom stereocenters. The van der Waals surface area contributed by atoms with Crippen LogP contribution in [0.1, 0.15) is 18.7 Å². The molecule has 1 fully saturated rings. The van der Waals surface area contributed by atoms with Gasteiger partial charge in [0, 0.05) is 5.56 Å². The molecule has 0 unspecified atom stereocenters. The topological polar surface area (TPSA) is 99.1 Å². The van der Waals surface area contributed by atoms with E-state index in [1.807, 2.05) is 0 Å². The SMILES string of the molecule is NCc1nc(-c2ccc(S(=O)(=O)C3CC3)c(Cl)c2)no1. The Labute approximate surface area is 120 Å². The van der Waals surface area contributed by atoms with Crippen molar-refractivity contribution in [1.29, 1.82) is 0 Å². The number of benzene rings is 1. The summed E-state index contributed by atoms with van der Waals surface area (Å²) in [7, 11) is -3.31. The van der Waals surface area contributed by atoms with Gasteiger partial charge in [0.1, 0.15) is 0 Å². The fourth-order valence-electron chi connectivity index (χ4n) is 1.88. The largest absolute Gasteiger partial charge is 0.338 e. The summed E-state index contributed by atoms with van der Waals surface area (Å²) in [5.41, 5.74) is 5.98. The second-order valence-electron chi connectivity index (χ2n) is 4.61. The van der Waals surface area contributed by atoms with Crippen molar-refractivity contribution in [3.05, 3.63) is 29.1 Å². The lowest BCUT2D eigenvalue weighted by molar-refractivity contribution is 0.380. The molecule has 1 saturated carbocycles. The van der Waals surface area contributed by atoms with Gasteiger partial charge in [0.05, 0.1) is 21.7 Å². The molecule has 8 heteroatoms. The van der Waals surface area contributed by atoms with E-state index < -0.39 is 9.84 Å². The summed E-state index contributed by atoms with van der Waals surface area (Å²) in [6, 6.07) is 4.64. The molecular weight excluding hydrogens is 302 g/mol. The van der Waals surface area contributed by atoms with Crippen LogP contribution in [-0.2, 0) is 16.4 Å². The summed E-state index contributed by atoms with van der Waals surface area (Å²) in [5, 5.41) is 3.65. The number of hydrogen-bond acceptors (Lipinski definition) is 6. The molecule has 3 rings (SSSR count). The van der Waals surface area contributed by atoms with Gasteiger partial charge in [-0.15, -0.1) is 0 Å². The molecule has 106 valence electrons. The standard InChI is InChI=1S/C12H12ClN3O3S/c13-9-5-7(12-15-11(6-14)19-16-12)1-4-10(9)20(17,18)8-2-3-8/h1,4-5,8H,2-3,6,14H2. The molecule has 1 aromatic carbocycles. The van der Waals surface area contributed by atoms with Gasteiger partial charge in [0.2, 0.25) is 11.7 Å². The average Bonchev–Trinajstić information content (AvgIpc) is 3.17. The molecule has 1 aliphatic carbocycles. The molecule has 1 aliphatic rings. The van der Waals surface area contributed by atoms with E-state index in [0.29, 0.717) is 30.1 Å². The Bertz CT molecular complexity index is 753. The van der Waals surface area contributed by atoms with Crippen LogP contribution < -0.4 is 5.73 Å². The number of halogens is 1. The summed E-state index contributed by atoms with van der Waals surface area (Å²) in [6.07, 6.45) is 1.40. The smallest absolute Gasteiger partial charge is 0.240 e.